The number of nitro benzene ring substituents is 1. The molecule has 3 aromatic carbocycles. The van der Waals surface area contributed by atoms with Crippen LogP contribution in [0.15, 0.2) is 78.0 Å². The highest BCUT2D eigenvalue weighted by Crippen LogP contribution is 2.31. The fourth-order valence-electron chi connectivity index (χ4n) is 3.43. The van der Waals surface area contributed by atoms with Gasteiger partial charge in [-0.25, -0.2) is 4.39 Å². The predicted molar refractivity (Wildman–Crippen MR) is 137 cm³/mol. The van der Waals surface area contributed by atoms with Crippen LogP contribution in [-0.2, 0) is 5.75 Å². The minimum absolute atomic E-state index is 0.0494. The van der Waals surface area contributed by atoms with E-state index in [1.165, 1.54) is 30.0 Å². The molecule has 4 aromatic rings. The van der Waals surface area contributed by atoms with Gasteiger partial charge in [-0.3, -0.25) is 19.5 Å². The van der Waals surface area contributed by atoms with Crippen LogP contribution in [0.5, 0.6) is 0 Å². The Hall–Kier alpha value is -4.05. The second-order valence-electron chi connectivity index (χ2n) is 8.49. The zero-order valence-corrected chi connectivity index (χ0v) is 20.5. The Labute approximate surface area is 211 Å². The molecule has 0 fully saturated rings. The van der Waals surface area contributed by atoms with Gasteiger partial charge in [0.05, 0.1) is 10.6 Å². The Morgan fingerprint density at radius 2 is 1.75 bits per heavy atom. The summed E-state index contributed by atoms with van der Waals surface area (Å²) in [5, 5.41) is 22.9. The summed E-state index contributed by atoms with van der Waals surface area (Å²) in [6.07, 6.45) is 0. The minimum Gasteiger partial charge on any atom is -0.352 e. The Morgan fingerprint density at radius 1 is 1.06 bits per heavy atom. The summed E-state index contributed by atoms with van der Waals surface area (Å²) in [7, 11) is 0. The molecule has 0 aliphatic carbocycles. The Morgan fingerprint density at radius 3 is 2.39 bits per heavy atom. The molecule has 0 aliphatic heterocycles. The van der Waals surface area contributed by atoms with Gasteiger partial charge in [-0.05, 0) is 47.9 Å². The molecule has 0 radical (unpaired) electrons. The number of non-ortho nitro benzene ring substituents is 1. The van der Waals surface area contributed by atoms with Gasteiger partial charge in [0.15, 0.2) is 11.0 Å². The third kappa shape index (κ3) is 5.77. The van der Waals surface area contributed by atoms with Crippen molar-refractivity contribution in [2.24, 2.45) is 5.92 Å². The third-order valence-electron chi connectivity index (χ3n) is 5.32. The van der Waals surface area contributed by atoms with Gasteiger partial charge in [0.2, 0.25) is 0 Å². The van der Waals surface area contributed by atoms with Crippen molar-refractivity contribution in [2.45, 2.75) is 24.8 Å². The number of nitrogens with one attached hydrogen (secondary N) is 1. The minimum atomic E-state index is -0.480. The van der Waals surface area contributed by atoms with Gasteiger partial charge in [-0.1, -0.05) is 49.9 Å². The zero-order chi connectivity index (χ0) is 25.7. The molecule has 0 unspecified atom stereocenters. The molecule has 0 spiro atoms. The molecule has 36 heavy (non-hydrogen) atoms. The number of aromatic nitrogens is 3. The van der Waals surface area contributed by atoms with Crippen LogP contribution in [-0.4, -0.2) is 32.1 Å². The second-order valence-corrected chi connectivity index (χ2v) is 9.43. The first-order valence-corrected chi connectivity index (χ1v) is 12.3. The molecule has 0 bridgehead atoms. The van der Waals surface area contributed by atoms with E-state index in [1.807, 2.05) is 26.0 Å². The normalized spacial score (nSPS) is 11.0. The summed E-state index contributed by atoms with van der Waals surface area (Å²) < 4.78 is 16.4. The standard InChI is InChI=1S/C26H24FN5O3S/c1-17(2)15-28-25(33)20-9-7-18(8-10-20)16-36-26-30-29-24(19-11-13-21(14-12-19)32(34)35)31(26)23-6-4-3-5-22(23)27/h3-14,17H,15-16H2,1-2H3,(H,28,33). The number of thioether (sulfide) groups is 1. The van der Waals surface area contributed by atoms with Crippen LogP contribution in [0.25, 0.3) is 17.1 Å². The first-order chi connectivity index (χ1) is 17.3. The first kappa shape index (κ1) is 25.1. The first-order valence-electron chi connectivity index (χ1n) is 11.3. The van der Waals surface area contributed by atoms with Gasteiger partial charge >= 0.3 is 0 Å². The molecule has 184 valence electrons. The number of carbonyl (C=O) groups is 1. The van der Waals surface area contributed by atoms with Gasteiger partial charge in [-0.15, -0.1) is 10.2 Å². The molecule has 8 nitrogen and oxygen atoms in total. The van der Waals surface area contributed by atoms with Crippen molar-refractivity contribution in [3.63, 3.8) is 0 Å². The van der Waals surface area contributed by atoms with Crippen molar-refractivity contribution < 1.29 is 14.1 Å². The van der Waals surface area contributed by atoms with Crippen LogP contribution < -0.4 is 5.32 Å². The Kier molecular flexibility index (Phi) is 7.74. The van der Waals surface area contributed by atoms with Crippen LogP contribution >= 0.6 is 11.8 Å². The number of hydrogen-bond acceptors (Lipinski definition) is 6. The van der Waals surface area contributed by atoms with Crippen molar-refractivity contribution in [3.8, 4) is 17.1 Å². The lowest BCUT2D eigenvalue weighted by molar-refractivity contribution is -0.384. The SMILES string of the molecule is CC(C)CNC(=O)c1ccc(CSc2nnc(-c3ccc([N+](=O)[O-])cc3)n2-c2ccccc2F)cc1. The fourth-order valence-corrected chi connectivity index (χ4v) is 4.33. The molecule has 10 heteroatoms. The molecule has 1 heterocycles. The lowest BCUT2D eigenvalue weighted by Gasteiger charge is -2.11. The third-order valence-corrected chi connectivity index (χ3v) is 6.32. The van der Waals surface area contributed by atoms with E-state index in [1.54, 1.807) is 47.0 Å². The van der Waals surface area contributed by atoms with Crippen molar-refractivity contribution in [1.29, 1.82) is 0 Å². The highest BCUT2D eigenvalue weighted by molar-refractivity contribution is 7.98. The van der Waals surface area contributed by atoms with Crippen LogP contribution in [0, 0.1) is 21.8 Å². The number of carbonyl (C=O) groups excluding carboxylic acids is 1. The lowest BCUT2D eigenvalue weighted by atomic mass is 10.1. The number of hydrogen-bond donors (Lipinski definition) is 1. The quantitative estimate of drug-likeness (QED) is 0.179. The van der Waals surface area contributed by atoms with Gasteiger partial charge < -0.3 is 5.32 Å². The molecule has 1 N–H and O–H groups in total. The Bertz CT molecular complexity index is 1370. The number of benzene rings is 3. The molecule has 0 atom stereocenters. The summed E-state index contributed by atoms with van der Waals surface area (Å²) in [6, 6.07) is 19.5. The smallest absolute Gasteiger partial charge is 0.269 e. The highest BCUT2D eigenvalue weighted by atomic mass is 32.2. The second kappa shape index (κ2) is 11.1. The lowest BCUT2D eigenvalue weighted by Crippen LogP contribution is -2.27. The van der Waals surface area contributed by atoms with Crippen molar-refractivity contribution in [3.05, 3.63) is 99.9 Å². The molecule has 0 saturated carbocycles. The number of amides is 1. The number of para-hydroxylation sites is 1. The van der Waals surface area contributed by atoms with Crippen LogP contribution in [0.2, 0.25) is 0 Å². The molecular weight excluding hydrogens is 481 g/mol. The van der Waals surface area contributed by atoms with Crippen LogP contribution in [0.1, 0.15) is 29.8 Å². The topological polar surface area (TPSA) is 103 Å². The average molecular weight is 506 g/mol. The van der Waals surface area contributed by atoms with E-state index in [-0.39, 0.29) is 17.3 Å². The summed E-state index contributed by atoms with van der Waals surface area (Å²) in [4.78, 5) is 22.8. The number of nitrogens with zero attached hydrogens (tertiary/aromatic N) is 4. The molecule has 1 aromatic heterocycles. The van der Waals surface area contributed by atoms with Crippen molar-refractivity contribution in [1.82, 2.24) is 20.1 Å². The molecule has 4 rings (SSSR count). The summed E-state index contributed by atoms with van der Waals surface area (Å²) >= 11 is 1.37. The van der Waals surface area contributed by atoms with Gasteiger partial charge in [0, 0.05) is 35.6 Å². The van der Waals surface area contributed by atoms with Gasteiger partial charge in [0.25, 0.3) is 11.6 Å². The molecule has 0 aliphatic rings. The Balaban J connectivity index is 1.59. The molecular formula is C26H24FN5O3S. The zero-order valence-electron chi connectivity index (χ0n) is 19.7. The molecule has 1 amide bonds. The van der Waals surface area contributed by atoms with Gasteiger partial charge in [-0.2, -0.15) is 0 Å². The highest BCUT2D eigenvalue weighted by Gasteiger charge is 2.19. The summed E-state index contributed by atoms with van der Waals surface area (Å²) in [6.45, 7) is 4.68. The van der Waals surface area contributed by atoms with Crippen LogP contribution in [0.4, 0.5) is 10.1 Å². The number of nitro groups is 1. The maximum Gasteiger partial charge on any atom is 0.269 e. The number of rotatable bonds is 9. The van der Waals surface area contributed by atoms with E-state index >= 15 is 0 Å². The van der Waals surface area contributed by atoms with Crippen molar-refractivity contribution in [2.75, 3.05) is 6.54 Å². The number of halogens is 1. The van der Waals surface area contributed by atoms with E-state index in [0.29, 0.717) is 40.3 Å². The van der Waals surface area contributed by atoms with E-state index in [0.717, 1.165) is 5.56 Å². The summed E-state index contributed by atoms with van der Waals surface area (Å²) in [5.74, 6) is 0.691. The monoisotopic (exact) mass is 505 g/mol. The predicted octanol–water partition coefficient (Wildman–Crippen LogP) is 5.66. The van der Waals surface area contributed by atoms with E-state index < -0.39 is 10.7 Å². The van der Waals surface area contributed by atoms with E-state index in [4.69, 9.17) is 0 Å². The fraction of sp³-hybridized carbons (Fsp3) is 0.192. The average Bonchev–Trinajstić information content (AvgIpc) is 3.30. The summed E-state index contributed by atoms with van der Waals surface area (Å²) in [5.41, 5.74) is 2.34. The van der Waals surface area contributed by atoms with Crippen molar-refractivity contribution >= 4 is 23.4 Å². The van der Waals surface area contributed by atoms with Crippen LogP contribution in [0.3, 0.4) is 0 Å². The van der Waals surface area contributed by atoms with E-state index in [2.05, 4.69) is 15.5 Å². The van der Waals surface area contributed by atoms with Gasteiger partial charge in [0.1, 0.15) is 5.82 Å². The maximum absolute atomic E-state index is 14.8. The van der Waals surface area contributed by atoms with E-state index in [9.17, 15) is 19.3 Å². The largest absolute Gasteiger partial charge is 0.352 e. The maximum atomic E-state index is 14.8. The molecule has 0 saturated heterocycles.